The van der Waals surface area contributed by atoms with Gasteiger partial charge in [-0.15, -0.1) is 0 Å². The molecule has 0 saturated heterocycles. The van der Waals surface area contributed by atoms with Crippen LogP contribution in [0.4, 0.5) is 10.1 Å². The highest BCUT2D eigenvalue weighted by Crippen LogP contribution is 2.21. The Hall–Kier alpha value is -2.22. The summed E-state index contributed by atoms with van der Waals surface area (Å²) in [5.74, 6) is -0.494. The highest BCUT2D eigenvalue weighted by molar-refractivity contribution is 7.92. The van der Waals surface area contributed by atoms with E-state index in [1.165, 1.54) is 30.6 Å². The van der Waals surface area contributed by atoms with Crippen molar-refractivity contribution in [3.05, 3.63) is 42.5 Å². The first-order chi connectivity index (χ1) is 10.5. The summed E-state index contributed by atoms with van der Waals surface area (Å²) in [5, 5.41) is 0. The van der Waals surface area contributed by atoms with E-state index < -0.39 is 15.8 Å². The number of nitrogens with zero attached hydrogens (tertiary/aromatic N) is 2. The summed E-state index contributed by atoms with van der Waals surface area (Å²) in [6, 6.07) is 5.79. The van der Waals surface area contributed by atoms with Gasteiger partial charge in [-0.1, -0.05) is 25.5 Å². The molecule has 0 fully saturated rings. The van der Waals surface area contributed by atoms with E-state index in [0.29, 0.717) is 6.42 Å². The van der Waals surface area contributed by atoms with Crippen molar-refractivity contribution in [3.63, 3.8) is 0 Å². The summed E-state index contributed by atoms with van der Waals surface area (Å²) in [4.78, 5) is 7.71. The lowest BCUT2D eigenvalue weighted by molar-refractivity contribution is 0.411. The minimum atomic E-state index is -3.41. The number of halogens is 1. The maximum Gasteiger partial charge on any atom is 0.322 e. The molecule has 0 aliphatic rings. The van der Waals surface area contributed by atoms with Crippen molar-refractivity contribution in [2.24, 2.45) is 0 Å². The van der Waals surface area contributed by atoms with Crippen LogP contribution in [0.3, 0.4) is 0 Å². The fourth-order valence-electron chi connectivity index (χ4n) is 1.61. The van der Waals surface area contributed by atoms with Crippen LogP contribution in [0.2, 0.25) is 0 Å². The molecule has 1 N–H and O–H groups in total. The van der Waals surface area contributed by atoms with Gasteiger partial charge in [-0.2, -0.15) is 0 Å². The van der Waals surface area contributed by atoms with Gasteiger partial charge in [0.15, 0.2) is 11.6 Å². The summed E-state index contributed by atoms with van der Waals surface area (Å²) in [6.45, 7) is 1.91. The van der Waals surface area contributed by atoms with E-state index in [4.69, 9.17) is 4.74 Å². The number of rotatable bonds is 7. The van der Waals surface area contributed by atoms with Crippen molar-refractivity contribution in [2.75, 3.05) is 10.5 Å². The molecule has 2 aromatic rings. The predicted molar refractivity (Wildman–Crippen MR) is 80.8 cm³/mol. The number of sulfonamides is 1. The second kappa shape index (κ2) is 7.17. The Kier molecular flexibility index (Phi) is 5.26. The van der Waals surface area contributed by atoms with Gasteiger partial charge in [-0.25, -0.2) is 22.8 Å². The normalized spacial score (nSPS) is 11.2. The second-order valence-corrected chi connectivity index (χ2v) is 6.40. The predicted octanol–water partition coefficient (Wildman–Crippen LogP) is 2.95. The van der Waals surface area contributed by atoms with Gasteiger partial charge in [0.25, 0.3) is 0 Å². The molecule has 1 heterocycles. The van der Waals surface area contributed by atoms with E-state index >= 15 is 0 Å². The lowest BCUT2D eigenvalue weighted by Gasteiger charge is -2.08. The molecule has 0 aliphatic heterocycles. The number of hydrogen-bond donors (Lipinski definition) is 1. The Morgan fingerprint density at radius 3 is 2.55 bits per heavy atom. The molecule has 8 heteroatoms. The van der Waals surface area contributed by atoms with Crippen LogP contribution < -0.4 is 9.46 Å². The van der Waals surface area contributed by atoms with Crippen molar-refractivity contribution in [1.82, 2.24) is 9.97 Å². The second-order valence-electron chi connectivity index (χ2n) is 4.56. The third-order valence-corrected chi connectivity index (χ3v) is 4.08. The number of ether oxygens (including phenoxy) is 1. The molecule has 118 valence electrons. The van der Waals surface area contributed by atoms with Gasteiger partial charge in [-0.3, -0.25) is 4.72 Å². The average molecular weight is 325 g/mol. The van der Waals surface area contributed by atoms with Crippen LogP contribution >= 0.6 is 0 Å². The molecule has 1 aromatic heterocycles. The Morgan fingerprint density at radius 2 is 1.91 bits per heavy atom. The largest absolute Gasteiger partial charge is 0.421 e. The van der Waals surface area contributed by atoms with E-state index in [0.717, 1.165) is 6.42 Å². The number of anilines is 1. The molecule has 22 heavy (non-hydrogen) atoms. The van der Waals surface area contributed by atoms with E-state index in [-0.39, 0.29) is 23.2 Å². The lowest BCUT2D eigenvalue weighted by atomic mass is 10.3. The van der Waals surface area contributed by atoms with Crippen LogP contribution in [-0.2, 0) is 10.0 Å². The van der Waals surface area contributed by atoms with Crippen molar-refractivity contribution in [2.45, 2.75) is 19.8 Å². The monoisotopic (exact) mass is 325 g/mol. The molecule has 0 saturated carbocycles. The maximum absolute atomic E-state index is 13.4. The molecule has 0 amide bonds. The van der Waals surface area contributed by atoms with Crippen molar-refractivity contribution in [3.8, 4) is 11.8 Å². The first-order valence-corrected chi connectivity index (χ1v) is 8.40. The zero-order chi connectivity index (χ0) is 16.0. The average Bonchev–Trinajstić information content (AvgIpc) is 2.49. The van der Waals surface area contributed by atoms with Gasteiger partial charge < -0.3 is 4.74 Å². The SMILES string of the molecule is CCCCS(=O)(=O)Nc1cnc(Oc2ccccc2F)nc1. The molecule has 0 bridgehead atoms. The first-order valence-electron chi connectivity index (χ1n) is 6.75. The van der Waals surface area contributed by atoms with Gasteiger partial charge in [-0.05, 0) is 18.6 Å². The third-order valence-electron chi connectivity index (χ3n) is 2.71. The molecular formula is C14H16FN3O3S. The first kappa shape index (κ1) is 16.2. The molecule has 0 unspecified atom stereocenters. The molecule has 1 aromatic carbocycles. The maximum atomic E-state index is 13.4. The number of para-hydroxylation sites is 1. The minimum absolute atomic E-state index is 0.00113. The van der Waals surface area contributed by atoms with Gasteiger partial charge in [0.1, 0.15) is 0 Å². The fourth-order valence-corrected chi connectivity index (χ4v) is 2.85. The van der Waals surface area contributed by atoms with Crippen LogP contribution in [0.1, 0.15) is 19.8 Å². The lowest BCUT2D eigenvalue weighted by Crippen LogP contribution is -2.16. The van der Waals surface area contributed by atoms with Crippen LogP contribution in [0.5, 0.6) is 11.8 Å². The number of unbranched alkanes of at least 4 members (excludes halogenated alkanes) is 1. The zero-order valence-corrected chi connectivity index (χ0v) is 12.8. The molecule has 0 aliphatic carbocycles. The highest BCUT2D eigenvalue weighted by Gasteiger charge is 2.11. The number of benzene rings is 1. The summed E-state index contributed by atoms with van der Waals surface area (Å²) in [6.07, 6.45) is 3.90. The van der Waals surface area contributed by atoms with Crippen LogP contribution in [-0.4, -0.2) is 24.1 Å². The van der Waals surface area contributed by atoms with Crippen molar-refractivity contribution < 1.29 is 17.5 Å². The topological polar surface area (TPSA) is 81.2 Å². The molecule has 0 radical (unpaired) electrons. The molecule has 2 rings (SSSR count). The molecule has 0 atom stereocenters. The van der Waals surface area contributed by atoms with Crippen LogP contribution in [0.15, 0.2) is 36.7 Å². The van der Waals surface area contributed by atoms with E-state index in [1.54, 1.807) is 6.07 Å². The van der Waals surface area contributed by atoms with E-state index in [1.807, 2.05) is 6.92 Å². The summed E-state index contributed by atoms with van der Waals surface area (Å²) >= 11 is 0. The van der Waals surface area contributed by atoms with E-state index in [9.17, 15) is 12.8 Å². The van der Waals surface area contributed by atoms with Gasteiger partial charge in [0, 0.05) is 0 Å². The summed E-state index contributed by atoms with van der Waals surface area (Å²) < 4.78 is 44.4. The Bertz CT molecular complexity index is 720. The van der Waals surface area contributed by atoms with Crippen molar-refractivity contribution >= 4 is 15.7 Å². The Morgan fingerprint density at radius 1 is 1.23 bits per heavy atom. The van der Waals surface area contributed by atoms with Gasteiger partial charge >= 0.3 is 6.01 Å². The third kappa shape index (κ3) is 4.66. The summed E-state index contributed by atoms with van der Waals surface area (Å²) in [5.41, 5.74) is 0.233. The van der Waals surface area contributed by atoms with Gasteiger partial charge in [0.2, 0.25) is 10.0 Å². The molecule has 6 nitrogen and oxygen atoms in total. The zero-order valence-electron chi connectivity index (χ0n) is 12.0. The number of aromatic nitrogens is 2. The Labute approximate surface area is 128 Å². The minimum Gasteiger partial charge on any atom is -0.421 e. The fraction of sp³-hybridized carbons (Fsp3) is 0.286. The van der Waals surface area contributed by atoms with E-state index in [2.05, 4.69) is 14.7 Å². The van der Waals surface area contributed by atoms with Crippen molar-refractivity contribution in [1.29, 1.82) is 0 Å². The Balaban J connectivity index is 2.03. The molecular weight excluding hydrogens is 309 g/mol. The van der Waals surface area contributed by atoms with Crippen LogP contribution in [0, 0.1) is 5.82 Å². The summed E-state index contributed by atoms with van der Waals surface area (Å²) in [7, 11) is -3.41. The number of hydrogen-bond acceptors (Lipinski definition) is 5. The number of nitrogens with one attached hydrogen (secondary N) is 1. The quantitative estimate of drug-likeness (QED) is 0.846. The highest BCUT2D eigenvalue weighted by atomic mass is 32.2. The van der Waals surface area contributed by atoms with Gasteiger partial charge in [0.05, 0.1) is 23.8 Å². The standard InChI is InChI=1S/C14H16FN3O3S/c1-2-3-8-22(19,20)18-11-9-16-14(17-10-11)21-13-7-5-4-6-12(13)15/h4-7,9-10,18H,2-3,8H2,1H3. The smallest absolute Gasteiger partial charge is 0.322 e. The van der Waals surface area contributed by atoms with Crippen LogP contribution in [0.25, 0.3) is 0 Å². The molecule has 0 spiro atoms.